The van der Waals surface area contributed by atoms with Crippen LogP contribution in [0.15, 0.2) is 0 Å². The van der Waals surface area contributed by atoms with Crippen molar-refractivity contribution in [3.8, 4) is 0 Å². The molecule has 0 aromatic carbocycles. The summed E-state index contributed by atoms with van der Waals surface area (Å²) in [6.07, 6.45) is 1.29. The Morgan fingerprint density at radius 1 is 1.21 bits per heavy atom. The van der Waals surface area contributed by atoms with Gasteiger partial charge in [0.05, 0.1) is 25.4 Å². The van der Waals surface area contributed by atoms with Gasteiger partial charge in [0.25, 0.3) is 0 Å². The molecule has 0 aromatic rings. The van der Waals surface area contributed by atoms with Crippen molar-refractivity contribution in [3.05, 3.63) is 0 Å². The molecule has 0 bridgehead atoms. The number of rotatable bonds is 12. The minimum atomic E-state index is -0.538. The Kier molecular flexibility index (Phi) is 10.5. The third-order valence-electron chi connectivity index (χ3n) is 3.69. The Labute approximate surface area is 117 Å². The highest BCUT2D eigenvalue weighted by Gasteiger charge is 2.24. The molecule has 0 aliphatic carbocycles. The monoisotopic (exact) mass is 277 g/mol. The Morgan fingerprint density at radius 2 is 1.84 bits per heavy atom. The fourth-order valence-electron chi connectivity index (χ4n) is 1.90. The molecule has 0 radical (unpaired) electrons. The van der Waals surface area contributed by atoms with Crippen LogP contribution in [0.2, 0.25) is 0 Å². The molecule has 116 valence electrons. The molecule has 3 N–H and O–H groups in total. The van der Waals surface area contributed by atoms with Gasteiger partial charge >= 0.3 is 0 Å². The molecule has 2 atom stereocenters. The van der Waals surface area contributed by atoms with E-state index in [9.17, 15) is 10.2 Å². The molecular weight excluding hydrogens is 246 g/mol. The standard InChI is InChI=1S/C14H31NO4/c1-5-14(6-2,11-16)10-15-7-13(17)9-19-12(3)8-18-4/h12-13,15-17H,5-11H2,1-4H3. The van der Waals surface area contributed by atoms with Crippen LogP contribution in [-0.2, 0) is 9.47 Å². The molecule has 0 saturated carbocycles. The van der Waals surface area contributed by atoms with E-state index in [0.29, 0.717) is 26.3 Å². The van der Waals surface area contributed by atoms with Crippen molar-refractivity contribution in [2.75, 3.05) is 40.0 Å². The van der Waals surface area contributed by atoms with E-state index in [1.807, 2.05) is 6.92 Å². The van der Waals surface area contributed by atoms with Crippen molar-refractivity contribution in [1.29, 1.82) is 0 Å². The molecule has 0 fully saturated rings. The Morgan fingerprint density at radius 3 is 2.32 bits per heavy atom. The van der Waals surface area contributed by atoms with Gasteiger partial charge in [-0.2, -0.15) is 0 Å². The maximum Gasteiger partial charge on any atom is 0.0897 e. The van der Waals surface area contributed by atoms with Crippen LogP contribution in [-0.4, -0.2) is 62.4 Å². The molecule has 19 heavy (non-hydrogen) atoms. The maximum atomic E-state index is 9.79. The Bertz CT molecular complexity index is 201. The summed E-state index contributed by atoms with van der Waals surface area (Å²) in [6.45, 7) is 8.24. The molecule has 0 amide bonds. The van der Waals surface area contributed by atoms with Crippen molar-refractivity contribution in [2.24, 2.45) is 5.41 Å². The van der Waals surface area contributed by atoms with Crippen LogP contribution in [0.25, 0.3) is 0 Å². The predicted octanol–water partition coefficient (Wildman–Crippen LogP) is 0.787. The second-order valence-corrected chi connectivity index (χ2v) is 5.25. The number of methoxy groups -OCH3 is 1. The van der Waals surface area contributed by atoms with Gasteiger partial charge in [-0.3, -0.25) is 0 Å². The first-order valence-electron chi connectivity index (χ1n) is 7.13. The summed E-state index contributed by atoms with van der Waals surface area (Å²) in [4.78, 5) is 0. The first-order chi connectivity index (χ1) is 9.03. The summed E-state index contributed by atoms with van der Waals surface area (Å²) in [5, 5.41) is 22.4. The molecule has 0 aliphatic heterocycles. The first-order valence-corrected chi connectivity index (χ1v) is 7.13. The lowest BCUT2D eigenvalue weighted by atomic mass is 9.83. The smallest absolute Gasteiger partial charge is 0.0897 e. The molecule has 0 aromatic heterocycles. The van der Waals surface area contributed by atoms with Crippen LogP contribution < -0.4 is 5.32 Å². The highest BCUT2D eigenvalue weighted by atomic mass is 16.5. The summed E-state index contributed by atoms with van der Waals surface area (Å²) in [5.41, 5.74) is -0.0794. The van der Waals surface area contributed by atoms with Gasteiger partial charge in [0.15, 0.2) is 0 Å². The minimum absolute atomic E-state index is 0.0116. The largest absolute Gasteiger partial charge is 0.396 e. The number of hydrogen-bond acceptors (Lipinski definition) is 5. The lowest BCUT2D eigenvalue weighted by Gasteiger charge is -2.30. The molecule has 5 nitrogen and oxygen atoms in total. The zero-order chi connectivity index (χ0) is 14.7. The average molecular weight is 277 g/mol. The SMILES string of the molecule is CCC(CC)(CO)CNCC(O)COC(C)COC. The van der Waals surface area contributed by atoms with E-state index in [2.05, 4.69) is 19.2 Å². The number of aliphatic hydroxyl groups is 2. The fraction of sp³-hybridized carbons (Fsp3) is 1.00. The van der Waals surface area contributed by atoms with E-state index in [4.69, 9.17) is 9.47 Å². The second kappa shape index (κ2) is 10.6. The zero-order valence-corrected chi connectivity index (χ0v) is 12.8. The third kappa shape index (κ3) is 7.84. The lowest BCUT2D eigenvalue weighted by Crippen LogP contribution is -2.41. The van der Waals surface area contributed by atoms with E-state index in [0.717, 1.165) is 12.8 Å². The predicted molar refractivity (Wildman–Crippen MR) is 76.3 cm³/mol. The van der Waals surface area contributed by atoms with Crippen molar-refractivity contribution >= 4 is 0 Å². The molecule has 0 heterocycles. The molecule has 0 saturated heterocycles. The zero-order valence-electron chi connectivity index (χ0n) is 12.8. The van der Waals surface area contributed by atoms with Crippen molar-refractivity contribution in [3.63, 3.8) is 0 Å². The van der Waals surface area contributed by atoms with E-state index in [-0.39, 0.29) is 18.1 Å². The van der Waals surface area contributed by atoms with Gasteiger partial charge < -0.3 is 25.0 Å². The number of hydrogen-bond donors (Lipinski definition) is 3. The first kappa shape index (κ1) is 18.8. The van der Waals surface area contributed by atoms with Crippen LogP contribution in [0.4, 0.5) is 0 Å². The molecule has 5 heteroatoms. The summed E-state index contributed by atoms with van der Waals surface area (Å²) in [6, 6.07) is 0. The Hall–Kier alpha value is -0.200. The van der Waals surface area contributed by atoms with E-state index < -0.39 is 6.10 Å². The highest BCUT2D eigenvalue weighted by molar-refractivity contribution is 4.78. The van der Waals surface area contributed by atoms with Crippen molar-refractivity contribution < 1.29 is 19.7 Å². The summed E-state index contributed by atoms with van der Waals surface area (Å²) < 4.78 is 10.4. The number of aliphatic hydroxyl groups excluding tert-OH is 2. The van der Waals surface area contributed by atoms with Gasteiger partial charge in [-0.1, -0.05) is 13.8 Å². The van der Waals surface area contributed by atoms with E-state index >= 15 is 0 Å². The quantitative estimate of drug-likeness (QED) is 0.492. The molecule has 0 rings (SSSR count). The van der Waals surface area contributed by atoms with Gasteiger partial charge in [-0.25, -0.2) is 0 Å². The van der Waals surface area contributed by atoms with Gasteiger partial charge in [-0.05, 0) is 19.8 Å². The third-order valence-corrected chi connectivity index (χ3v) is 3.69. The topological polar surface area (TPSA) is 71.0 Å². The summed E-state index contributed by atoms with van der Waals surface area (Å²) in [7, 11) is 1.63. The van der Waals surface area contributed by atoms with Gasteiger partial charge in [0.1, 0.15) is 0 Å². The molecule has 0 spiro atoms. The van der Waals surface area contributed by atoms with Crippen molar-refractivity contribution in [2.45, 2.75) is 45.8 Å². The maximum absolute atomic E-state index is 9.79. The fourth-order valence-corrected chi connectivity index (χ4v) is 1.90. The van der Waals surface area contributed by atoms with Crippen LogP contribution >= 0.6 is 0 Å². The van der Waals surface area contributed by atoms with Gasteiger partial charge in [0, 0.05) is 32.2 Å². The summed E-state index contributed by atoms with van der Waals surface area (Å²) >= 11 is 0. The lowest BCUT2D eigenvalue weighted by molar-refractivity contribution is -0.0319. The molecular formula is C14H31NO4. The average Bonchev–Trinajstić information content (AvgIpc) is 2.42. The van der Waals surface area contributed by atoms with E-state index in [1.165, 1.54) is 0 Å². The highest BCUT2D eigenvalue weighted by Crippen LogP contribution is 2.24. The molecule has 2 unspecified atom stereocenters. The van der Waals surface area contributed by atoms with Crippen LogP contribution in [0.1, 0.15) is 33.6 Å². The van der Waals surface area contributed by atoms with Gasteiger partial charge in [0.2, 0.25) is 0 Å². The normalized spacial score (nSPS) is 15.5. The minimum Gasteiger partial charge on any atom is -0.396 e. The van der Waals surface area contributed by atoms with Crippen LogP contribution in [0, 0.1) is 5.41 Å². The van der Waals surface area contributed by atoms with Crippen LogP contribution in [0.5, 0.6) is 0 Å². The number of nitrogens with one attached hydrogen (secondary N) is 1. The van der Waals surface area contributed by atoms with Crippen LogP contribution in [0.3, 0.4) is 0 Å². The summed E-state index contributed by atoms with van der Waals surface area (Å²) in [5.74, 6) is 0. The second-order valence-electron chi connectivity index (χ2n) is 5.25. The van der Waals surface area contributed by atoms with E-state index in [1.54, 1.807) is 7.11 Å². The molecule has 0 aliphatic rings. The number of ether oxygens (including phenoxy) is 2. The Balaban J connectivity index is 3.81. The van der Waals surface area contributed by atoms with Crippen molar-refractivity contribution in [1.82, 2.24) is 5.32 Å². The van der Waals surface area contributed by atoms with Gasteiger partial charge in [-0.15, -0.1) is 0 Å².